The summed E-state index contributed by atoms with van der Waals surface area (Å²) in [6, 6.07) is 0.946. The van der Waals surface area contributed by atoms with E-state index in [0.29, 0.717) is 12.1 Å². The monoisotopic (exact) mass is 189 g/mol. The largest absolute Gasteiger partial charge is 0.370 e. The summed E-state index contributed by atoms with van der Waals surface area (Å²) in [6.07, 6.45) is 0. The number of aliphatic imine (C=N–C) groups is 1. The van der Waals surface area contributed by atoms with Gasteiger partial charge < -0.3 is 11.5 Å². The maximum absolute atomic E-state index is 12.8. The Morgan fingerprint density at radius 2 is 1.54 bits per heavy atom. The summed E-state index contributed by atoms with van der Waals surface area (Å²) in [5.74, 6) is -3.94. The zero-order chi connectivity index (χ0) is 10.0. The number of hydrogen-bond donors (Lipinski definition) is 2. The van der Waals surface area contributed by atoms with E-state index in [9.17, 15) is 13.2 Å². The third-order valence-electron chi connectivity index (χ3n) is 1.24. The first-order valence-electron chi connectivity index (χ1n) is 3.25. The lowest BCUT2D eigenvalue weighted by Gasteiger charge is -1.98. The van der Waals surface area contributed by atoms with Crippen molar-refractivity contribution >= 4 is 11.6 Å². The van der Waals surface area contributed by atoms with E-state index in [2.05, 4.69) is 4.99 Å². The van der Waals surface area contributed by atoms with Crippen molar-refractivity contribution in [2.45, 2.75) is 0 Å². The zero-order valence-corrected chi connectivity index (χ0v) is 6.39. The van der Waals surface area contributed by atoms with Gasteiger partial charge in [-0.15, -0.1) is 0 Å². The van der Waals surface area contributed by atoms with Crippen molar-refractivity contribution in [3.05, 3.63) is 29.6 Å². The number of benzene rings is 1. The zero-order valence-electron chi connectivity index (χ0n) is 6.39. The predicted molar refractivity (Wildman–Crippen MR) is 41.8 cm³/mol. The van der Waals surface area contributed by atoms with Gasteiger partial charge in [0.25, 0.3) is 0 Å². The highest BCUT2D eigenvalue weighted by atomic mass is 19.2. The lowest BCUT2D eigenvalue weighted by Crippen LogP contribution is -2.22. The van der Waals surface area contributed by atoms with Crippen LogP contribution in [0.5, 0.6) is 0 Å². The summed E-state index contributed by atoms with van der Waals surface area (Å²) in [6.45, 7) is 0. The Bertz CT molecular complexity index is 358. The van der Waals surface area contributed by atoms with Crippen molar-refractivity contribution in [2.75, 3.05) is 0 Å². The van der Waals surface area contributed by atoms with Crippen LogP contribution >= 0.6 is 0 Å². The van der Waals surface area contributed by atoms with Crippen molar-refractivity contribution in [1.29, 1.82) is 0 Å². The molecule has 0 amide bonds. The van der Waals surface area contributed by atoms with Crippen LogP contribution in [0.15, 0.2) is 17.1 Å². The summed E-state index contributed by atoms with van der Waals surface area (Å²) in [5.41, 5.74) is 9.42. The number of halogens is 3. The molecule has 0 aliphatic rings. The van der Waals surface area contributed by atoms with Crippen LogP contribution in [0.2, 0.25) is 0 Å². The molecule has 0 heterocycles. The van der Waals surface area contributed by atoms with E-state index in [0.717, 1.165) is 0 Å². The van der Waals surface area contributed by atoms with Gasteiger partial charge in [-0.3, -0.25) is 0 Å². The van der Waals surface area contributed by atoms with Crippen LogP contribution < -0.4 is 11.5 Å². The topological polar surface area (TPSA) is 64.4 Å². The minimum atomic E-state index is -1.29. The Hall–Kier alpha value is -1.72. The van der Waals surface area contributed by atoms with Gasteiger partial charge in [-0.1, -0.05) is 0 Å². The molecule has 13 heavy (non-hydrogen) atoms. The summed E-state index contributed by atoms with van der Waals surface area (Å²) < 4.78 is 37.7. The Balaban J connectivity index is 3.24. The van der Waals surface area contributed by atoms with E-state index in [4.69, 9.17) is 11.5 Å². The van der Waals surface area contributed by atoms with Crippen molar-refractivity contribution in [3.8, 4) is 0 Å². The van der Waals surface area contributed by atoms with Gasteiger partial charge in [-0.05, 0) is 0 Å². The third kappa shape index (κ3) is 2.11. The predicted octanol–water partition coefficient (Wildman–Crippen LogP) is 1.01. The molecule has 6 heteroatoms. The van der Waals surface area contributed by atoms with Crippen LogP contribution in [0, 0.1) is 17.5 Å². The molecule has 0 saturated carbocycles. The maximum atomic E-state index is 12.8. The second-order valence-corrected chi connectivity index (χ2v) is 2.25. The van der Waals surface area contributed by atoms with Gasteiger partial charge in [0.15, 0.2) is 23.4 Å². The Morgan fingerprint density at radius 1 is 1.00 bits per heavy atom. The molecule has 0 saturated heterocycles. The van der Waals surface area contributed by atoms with E-state index in [-0.39, 0.29) is 0 Å². The Kier molecular flexibility index (Phi) is 2.41. The summed E-state index contributed by atoms with van der Waals surface area (Å²) >= 11 is 0. The first-order valence-corrected chi connectivity index (χ1v) is 3.25. The molecule has 1 rings (SSSR count). The number of rotatable bonds is 1. The minimum absolute atomic E-state index is 0.372. The molecule has 0 unspecified atom stereocenters. The van der Waals surface area contributed by atoms with Crippen LogP contribution in [0.3, 0.4) is 0 Å². The fraction of sp³-hybridized carbons (Fsp3) is 0. The van der Waals surface area contributed by atoms with Gasteiger partial charge in [-0.2, -0.15) is 0 Å². The molecule has 0 atom stereocenters. The molecule has 3 nitrogen and oxygen atoms in total. The molecule has 4 N–H and O–H groups in total. The number of nitrogens with two attached hydrogens (primary N) is 2. The molecule has 70 valence electrons. The van der Waals surface area contributed by atoms with Crippen LogP contribution in [0.4, 0.5) is 18.9 Å². The molecule has 1 aromatic rings. The first kappa shape index (κ1) is 9.37. The second kappa shape index (κ2) is 3.34. The Morgan fingerprint density at radius 3 is 2.08 bits per heavy atom. The van der Waals surface area contributed by atoms with Gasteiger partial charge in [-0.25, -0.2) is 18.2 Å². The molecule has 0 aromatic heterocycles. The van der Waals surface area contributed by atoms with Gasteiger partial charge in [0.2, 0.25) is 0 Å². The second-order valence-electron chi connectivity index (χ2n) is 2.25. The highest BCUT2D eigenvalue weighted by Crippen LogP contribution is 2.20. The highest BCUT2D eigenvalue weighted by molar-refractivity contribution is 5.79. The van der Waals surface area contributed by atoms with Gasteiger partial charge >= 0.3 is 0 Å². The molecule has 1 aromatic carbocycles. The van der Waals surface area contributed by atoms with Crippen molar-refractivity contribution in [2.24, 2.45) is 16.5 Å². The van der Waals surface area contributed by atoms with E-state index in [1.54, 1.807) is 0 Å². The molecule has 0 aliphatic heterocycles. The quantitative estimate of drug-likeness (QED) is 0.393. The lowest BCUT2D eigenvalue weighted by molar-refractivity contribution is 0.496. The standard InChI is InChI=1S/C7H6F3N3/c8-3-1-5(10)6(2-4(3)9)13-7(11)12/h1-2H,(H4,11,12,13). The minimum Gasteiger partial charge on any atom is -0.370 e. The smallest absolute Gasteiger partial charge is 0.191 e. The van der Waals surface area contributed by atoms with Gasteiger partial charge in [0.1, 0.15) is 5.69 Å². The fourth-order valence-corrected chi connectivity index (χ4v) is 0.737. The molecular formula is C7H6F3N3. The summed E-state index contributed by atoms with van der Waals surface area (Å²) in [4.78, 5) is 3.25. The van der Waals surface area contributed by atoms with Crippen molar-refractivity contribution < 1.29 is 13.2 Å². The van der Waals surface area contributed by atoms with Crippen LogP contribution in [0.25, 0.3) is 0 Å². The van der Waals surface area contributed by atoms with Crippen LogP contribution in [-0.4, -0.2) is 5.96 Å². The molecule has 0 fully saturated rings. The SMILES string of the molecule is NC(N)=Nc1cc(F)c(F)cc1F. The van der Waals surface area contributed by atoms with E-state index in [1.165, 1.54) is 0 Å². The van der Waals surface area contributed by atoms with E-state index < -0.39 is 29.1 Å². The molecule has 0 radical (unpaired) electrons. The Labute approximate surface area is 71.9 Å². The lowest BCUT2D eigenvalue weighted by atomic mass is 10.3. The molecule has 0 spiro atoms. The van der Waals surface area contributed by atoms with Crippen LogP contribution in [-0.2, 0) is 0 Å². The normalized spacial score (nSPS) is 9.77. The molecular weight excluding hydrogens is 183 g/mol. The first-order chi connectivity index (χ1) is 6.00. The summed E-state index contributed by atoms with van der Waals surface area (Å²) in [7, 11) is 0. The van der Waals surface area contributed by atoms with E-state index >= 15 is 0 Å². The maximum Gasteiger partial charge on any atom is 0.191 e. The number of nitrogens with zero attached hydrogens (tertiary/aromatic N) is 1. The number of guanidine groups is 1. The summed E-state index contributed by atoms with van der Waals surface area (Å²) in [5, 5.41) is 0. The highest BCUT2D eigenvalue weighted by Gasteiger charge is 2.08. The molecule has 0 bridgehead atoms. The molecule has 0 aliphatic carbocycles. The number of hydrogen-bond acceptors (Lipinski definition) is 1. The van der Waals surface area contributed by atoms with Crippen molar-refractivity contribution in [3.63, 3.8) is 0 Å². The fourth-order valence-electron chi connectivity index (χ4n) is 0.737. The van der Waals surface area contributed by atoms with Gasteiger partial charge in [0.05, 0.1) is 0 Å². The average molecular weight is 189 g/mol. The van der Waals surface area contributed by atoms with Crippen LogP contribution in [0.1, 0.15) is 0 Å². The van der Waals surface area contributed by atoms with Crippen molar-refractivity contribution in [1.82, 2.24) is 0 Å². The average Bonchev–Trinajstić information content (AvgIpc) is 1.99. The van der Waals surface area contributed by atoms with E-state index in [1.807, 2.05) is 0 Å². The van der Waals surface area contributed by atoms with Gasteiger partial charge in [0, 0.05) is 12.1 Å². The third-order valence-corrected chi connectivity index (χ3v) is 1.24.